The molecule has 2 aromatic heterocycles. The number of rotatable bonds is 7. The van der Waals surface area contributed by atoms with Crippen LogP contribution in [0.15, 0.2) is 22.0 Å². The van der Waals surface area contributed by atoms with E-state index in [1.54, 1.807) is 11.3 Å². The number of thiophene rings is 1. The van der Waals surface area contributed by atoms with Crippen molar-refractivity contribution in [3.63, 3.8) is 0 Å². The Balaban J connectivity index is 2.21. The van der Waals surface area contributed by atoms with Gasteiger partial charge in [0, 0.05) is 29.6 Å². The van der Waals surface area contributed by atoms with E-state index in [0.29, 0.717) is 6.04 Å². The molecular weight excluding hydrogens is 334 g/mol. The first-order valence-electron chi connectivity index (χ1n) is 7.22. The highest BCUT2D eigenvalue weighted by Crippen LogP contribution is 2.29. The summed E-state index contributed by atoms with van der Waals surface area (Å²) in [6, 6.07) is 6.94. The predicted molar refractivity (Wildman–Crippen MR) is 89.4 cm³/mol. The molecule has 0 amide bonds. The minimum absolute atomic E-state index is 0.364. The van der Waals surface area contributed by atoms with Crippen molar-refractivity contribution in [1.29, 1.82) is 0 Å². The molecule has 0 bridgehead atoms. The van der Waals surface area contributed by atoms with E-state index in [4.69, 9.17) is 0 Å². The summed E-state index contributed by atoms with van der Waals surface area (Å²) in [5, 5.41) is 8.23. The molecule has 0 aromatic carbocycles. The maximum atomic E-state index is 4.64. The van der Waals surface area contributed by atoms with Crippen LogP contribution in [0, 0.1) is 0 Å². The van der Waals surface area contributed by atoms with Gasteiger partial charge in [0.05, 0.1) is 9.48 Å². The molecule has 0 saturated heterocycles. The van der Waals surface area contributed by atoms with Gasteiger partial charge in [-0.05, 0) is 54.0 Å². The third-order valence-corrected chi connectivity index (χ3v) is 5.11. The zero-order chi connectivity index (χ0) is 14.5. The number of hydrogen-bond acceptors (Lipinski definition) is 3. The molecule has 3 nitrogen and oxygen atoms in total. The average Bonchev–Trinajstić information content (AvgIpc) is 3.04. The molecule has 1 N–H and O–H groups in total. The van der Waals surface area contributed by atoms with Crippen molar-refractivity contribution >= 4 is 27.3 Å². The van der Waals surface area contributed by atoms with E-state index in [0.717, 1.165) is 25.9 Å². The molecule has 0 fully saturated rings. The Kier molecular flexibility index (Phi) is 5.81. The van der Waals surface area contributed by atoms with Gasteiger partial charge < -0.3 is 5.32 Å². The molecule has 2 rings (SSSR count). The minimum Gasteiger partial charge on any atom is -0.309 e. The van der Waals surface area contributed by atoms with Gasteiger partial charge in [0.25, 0.3) is 0 Å². The van der Waals surface area contributed by atoms with Crippen LogP contribution >= 0.6 is 27.3 Å². The summed E-state index contributed by atoms with van der Waals surface area (Å²) in [6.07, 6.45) is 1.98. The quantitative estimate of drug-likeness (QED) is 0.807. The molecule has 5 heteroatoms. The first-order chi connectivity index (χ1) is 9.67. The van der Waals surface area contributed by atoms with E-state index >= 15 is 0 Å². The number of hydrogen-bond donors (Lipinski definition) is 1. The molecule has 0 aliphatic heterocycles. The van der Waals surface area contributed by atoms with Crippen molar-refractivity contribution in [1.82, 2.24) is 15.1 Å². The lowest BCUT2D eigenvalue weighted by atomic mass is 10.1. The molecule has 0 spiro atoms. The fourth-order valence-corrected chi connectivity index (χ4v) is 3.87. The number of nitrogens with one attached hydrogen (secondary N) is 1. The maximum Gasteiger partial charge on any atom is 0.0701 e. The van der Waals surface area contributed by atoms with Gasteiger partial charge in [-0.3, -0.25) is 4.68 Å². The van der Waals surface area contributed by atoms with Crippen molar-refractivity contribution in [2.24, 2.45) is 0 Å². The monoisotopic (exact) mass is 355 g/mol. The lowest BCUT2D eigenvalue weighted by Gasteiger charge is -2.17. The van der Waals surface area contributed by atoms with Gasteiger partial charge in [-0.15, -0.1) is 11.3 Å². The molecule has 2 aromatic rings. The summed E-state index contributed by atoms with van der Waals surface area (Å²) in [7, 11) is 0. The Morgan fingerprint density at radius 3 is 2.70 bits per heavy atom. The predicted octanol–water partition coefficient (Wildman–Crippen LogP) is 4.18. The van der Waals surface area contributed by atoms with Gasteiger partial charge in [0.1, 0.15) is 0 Å². The second-order valence-corrected chi connectivity index (χ2v) is 7.25. The molecule has 0 aliphatic rings. The van der Waals surface area contributed by atoms with Crippen LogP contribution in [-0.2, 0) is 19.4 Å². The lowest BCUT2D eigenvalue weighted by molar-refractivity contribution is 0.522. The number of likely N-dealkylation sites (N-methyl/N-ethyl adjacent to an activating group) is 1. The van der Waals surface area contributed by atoms with Crippen molar-refractivity contribution in [3.8, 4) is 0 Å². The molecule has 0 radical (unpaired) electrons. The Hall–Kier alpha value is -0.650. The first kappa shape index (κ1) is 15.7. The summed E-state index contributed by atoms with van der Waals surface area (Å²) in [5.74, 6) is 0. The van der Waals surface area contributed by atoms with Crippen LogP contribution in [-0.4, -0.2) is 16.3 Å². The van der Waals surface area contributed by atoms with Gasteiger partial charge in [-0.25, -0.2) is 0 Å². The van der Waals surface area contributed by atoms with Crippen LogP contribution in [0.5, 0.6) is 0 Å². The largest absolute Gasteiger partial charge is 0.309 e. The van der Waals surface area contributed by atoms with Gasteiger partial charge in [0.2, 0.25) is 0 Å². The van der Waals surface area contributed by atoms with Crippen molar-refractivity contribution < 1.29 is 0 Å². The van der Waals surface area contributed by atoms with Crippen LogP contribution in [0.4, 0.5) is 0 Å². The summed E-state index contributed by atoms with van der Waals surface area (Å²) >= 11 is 5.36. The third-order valence-electron chi connectivity index (χ3n) is 3.38. The molecule has 1 unspecified atom stereocenters. The van der Waals surface area contributed by atoms with Gasteiger partial charge in [-0.2, -0.15) is 5.10 Å². The summed E-state index contributed by atoms with van der Waals surface area (Å²) in [4.78, 5) is 1.38. The normalized spacial score (nSPS) is 12.8. The van der Waals surface area contributed by atoms with E-state index in [1.165, 1.54) is 20.1 Å². The summed E-state index contributed by atoms with van der Waals surface area (Å²) in [6.45, 7) is 8.37. The minimum atomic E-state index is 0.364. The zero-order valence-electron chi connectivity index (χ0n) is 12.3. The van der Waals surface area contributed by atoms with Gasteiger partial charge >= 0.3 is 0 Å². The van der Waals surface area contributed by atoms with E-state index < -0.39 is 0 Å². The van der Waals surface area contributed by atoms with E-state index in [1.807, 2.05) is 0 Å². The zero-order valence-corrected chi connectivity index (χ0v) is 14.7. The maximum absolute atomic E-state index is 4.64. The smallest absolute Gasteiger partial charge is 0.0701 e. The summed E-state index contributed by atoms with van der Waals surface area (Å²) < 4.78 is 3.32. The van der Waals surface area contributed by atoms with Crippen molar-refractivity contribution in [2.75, 3.05) is 6.54 Å². The number of aromatic nitrogens is 2. The molecule has 1 atom stereocenters. The Bertz CT molecular complexity index is 547. The van der Waals surface area contributed by atoms with Gasteiger partial charge in [-0.1, -0.05) is 13.8 Å². The number of halogens is 1. The van der Waals surface area contributed by atoms with Crippen LogP contribution in [0.3, 0.4) is 0 Å². The highest BCUT2D eigenvalue weighted by atomic mass is 79.9. The average molecular weight is 356 g/mol. The fourth-order valence-electron chi connectivity index (χ4n) is 2.37. The second-order valence-electron chi connectivity index (χ2n) is 4.75. The Morgan fingerprint density at radius 2 is 2.15 bits per heavy atom. The lowest BCUT2D eigenvalue weighted by Crippen LogP contribution is -2.23. The molecular formula is C15H22BrN3S. The number of aryl methyl sites for hydroxylation is 2. The van der Waals surface area contributed by atoms with E-state index in [9.17, 15) is 0 Å². The van der Waals surface area contributed by atoms with Crippen LogP contribution in [0.1, 0.15) is 43.1 Å². The van der Waals surface area contributed by atoms with Crippen molar-refractivity contribution in [2.45, 2.75) is 46.2 Å². The Morgan fingerprint density at radius 1 is 1.35 bits per heavy atom. The van der Waals surface area contributed by atoms with Gasteiger partial charge in [0.15, 0.2) is 0 Å². The van der Waals surface area contributed by atoms with Crippen LogP contribution < -0.4 is 5.32 Å². The molecule has 0 saturated carbocycles. The fraction of sp³-hybridized carbons (Fsp3) is 0.533. The number of nitrogens with zero attached hydrogens (tertiary/aromatic N) is 2. The highest BCUT2D eigenvalue weighted by molar-refractivity contribution is 9.11. The van der Waals surface area contributed by atoms with Crippen LogP contribution in [0.2, 0.25) is 0 Å². The molecule has 2 heterocycles. The van der Waals surface area contributed by atoms with E-state index in [-0.39, 0.29) is 0 Å². The Labute approximate surface area is 133 Å². The standard InChI is InChI=1S/C15H22BrN3S/c1-4-11-9-12(19(6-3)18-11)10-13(17-5-2)14-7-8-15(16)20-14/h7-9,13,17H,4-6,10H2,1-3H3. The SMILES string of the molecule is CCNC(Cc1cc(CC)nn1CC)c1ccc(Br)s1. The third kappa shape index (κ3) is 3.71. The van der Waals surface area contributed by atoms with Crippen molar-refractivity contribution in [3.05, 3.63) is 38.3 Å². The topological polar surface area (TPSA) is 29.9 Å². The second kappa shape index (κ2) is 7.38. The highest BCUT2D eigenvalue weighted by Gasteiger charge is 2.16. The summed E-state index contributed by atoms with van der Waals surface area (Å²) in [5.41, 5.74) is 2.50. The molecule has 0 aliphatic carbocycles. The molecule has 110 valence electrons. The molecule has 20 heavy (non-hydrogen) atoms. The van der Waals surface area contributed by atoms with E-state index in [2.05, 4.69) is 70.0 Å². The first-order valence-corrected chi connectivity index (χ1v) is 8.83. The van der Waals surface area contributed by atoms with Crippen LogP contribution in [0.25, 0.3) is 0 Å².